The number of rotatable bonds is 4. The van der Waals surface area contributed by atoms with Gasteiger partial charge in [-0.3, -0.25) is 4.79 Å². The lowest BCUT2D eigenvalue weighted by atomic mass is 10.2. The molecule has 14 heavy (non-hydrogen) atoms. The molecule has 0 bridgehead atoms. The molecule has 1 rings (SSSR count). The monoisotopic (exact) mass is 193 g/mol. The lowest BCUT2D eigenvalue weighted by Gasteiger charge is -2.05. The van der Waals surface area contributed by atoms with E-state index in [1.54, 1.807) is 18.3 Å². The summed E-state index contributed by atoms with van der Waals surface area (Å²) in [5.74, 6) is 0.545. The van der Waals surface area contributed by atoms with Crippen LogP contribution in [-0.4, -0.2) is 16.9 Å². The van der Waals surface area contributed by atoms with E-state index in [0.717, 1.165) is 0 Å². The smallest absolute Gasteiger partial charge is 0.225 e. The van der Waals surface area contributed by atoms with Gasteiger partial charge in [-0.1, -0.05) is 6.07 Å². The molecular formula is C10H15N3O. The largest absolute Gasteiger partial charge is 0.328 e. The number of nitrogens with zero attached hydrogens (tertiary/aromatic N) is 1. The number of carbonyl (C=O) groups excluding carboxylic acids is 1. The Morgan fingerprint density at radius 3 is 3.00 bits per heavy atom. The predicted molar refractivity (Wildman–Crippen MR) is 55.8 cm³/mol. The highest BCUT2D eigenvalue weighted by molar-refractivity contribution is 5.89. The Morgan fingerprint density at radius 2 is 2.43 bits per heavy atom. The molecule has 1 amide bonds. The van der Waals surface area contributed by atoms with Crippen molar-refractivity contribution in [3.8, 4) is 0 Å². The van der Waals surface area contributed by atoms with Crippen LogP contribution in [0.15, 0.2) is 24.4 Å². The van der Waals surface area contributed by atoms with Crippen LogP contribution in [-0.2, 0) is 4.79 Å². The molecule has 0 aliphatic rings. The Bertz CT molecular complexity index is 285. The number of anilines is 1. The van der Waals surface area contributed by atoms with Crippen molar-refractivity contribution in [2.24, 2.45) is 5.73 Å². The van der Waals surface area contributed by atoms with Gasteiger partial charge in [0, 0.05) is 18.7 Å². The molecule has 1 atom stereocenters. The normalized spacial score (nSPS) is 12.1. The van der Waals surface area contributed by atoms with Crippen molar-refractivity contribution in [1.29, 1.82) is 0 Å². The molecule has 0 aliphatic heterocycles. The molecule has 1 aromatic heterocycles. The summed E-state index contributed by atoms with van der Waals surface area (Å²) in [6.07, 6.45) is 2.77. The summed E-state index contributed by atoms with van der Waals surface area (Å²) in [6.45, 7) is 1.88. The van der Waals surface area contributed by atoms with Crippen molar-refractivity contribution < 1.29 is 4.79 Å². The molecule has 3 N–H and O–H groups in total. The van der Waals surface area contributed by atoms with Crippen molar-refractivity contribution >= 4 is 11.7 Å². The fraction of sp³-hybridized carbons (Fsp3) is 0.400. The van der Waals surface area contributed by atoms with Crippen molar-refractivity contribution in [2.75, 3.05) is 5.32 Å². The van der Waals surface area contributed by atoms with Crippen molar-refractivity contribution in [2.45, 2.75) is 25.8 Å². The summed E-state index contributed by atoms with van der Waals surface area (Å²) in [7, 11) is 0. The molecule has 0 fully saturated rings. The highest BCUT2D eigenvalue weighted by Crippen LogP contribution is 2.02. The van der Waals surface area contributed by atoms with Crippen molar-refractivity contribution in [3.05, 3.63) is 24.4 Å². The van der Waals surface area contributed by atoms with Crippen LogP contribution in [0.1, 0.15) is 19.8 Å². The van der Waals surface area contributed by atoms with E-state index in [2.05, 4.69) is 10.3 Å². The number of amides is 1. The molecule has 1 aromatic rings. The molecular weight excluding hydrogens is 178 g/mol. The Labute approximate surface area is 83.5 Å². The van der Waals surface area contributed by atoms with Gasteiger partial charge in [0.05, 0.1) is 0 Å². The van der Waals surface area contributed by atoms with Gasteiger partial charge in [-0.25, -0.2) is 4.98 Å². The molecule has 1 heterocycles. The van der Waals surface area contributed by atoms with E-state index in [1.807, 2.05) is 13.0 Å². The van der Waals surface area contributed by atoms with Crippen LogP contribution in [0.4, 0.5) is 5.82 Å². The third kappa shape index (κ3) is 4.00. The van der Waals surface area contributed by atoms with Crippen LogP contribution >= 0.6 is 0 Å². The van der Waals surface area contributed by atoms with E-state index in [-0.39, 0.29) is 11.9 Å². The first kappa shape index (κ1) is 10.7. The number of pyridine rings is 1. The highest BCUT2D eigenvalue weighted by Gasteiger charge is 2.03. The maximum Gasteiger partial charge on any atom is 0.225 e. The average molecular weight is 193 g/mol. The molecule has 0 radical (unpaired) electrons. The van der Waals surface area contributed by atoms with Crippen LogP contribution in [0.5, 0.6) is 0 Å². The molecule has 0 saturated carbocycles. The summed E-state index contributed by atoms with van der Waals surface area (Å²) >= 11 is 0. The summed E-state index contributed by atoms with van der Waals surface area (Å²) in [5.41, 5.74) is 5.54. The predicted octanol–water partition coefficient (Wildman–Crippen LogP) is 1.15. The molecule has 0 saturated heterocycles. The van der Waals surface area contributed by atoms with E-state index < -0.39 is 0 Å². The number of nitrogens with two attached hydrogens (primary N) is 1. The number of carbonyl (C=O) groups is 1. The first-order valence-corrected chi connectivity index (χ1v) is 4.65. The molecule has 4 nitrogen and oxygen atoms in total. The molecule has 0 aliphatic carbocycles. The first-order valence-electron chi connectivity index (χ1n) is 4.65. The van der Waals surface area contributed by atoms with E-state index in [0.29, 0.717) is 18.7 Å². The Morgan fingerprint density at radius 1 is 1.64 bits per heavy atom. The number of aromatic nitrogens is 1. The third-order valence-electron chi connectivity index (χ3n) is 1.76. The number of hydrogen-bond donors (Lipinski definition) is 2. The maximum atomic E-state index is 11.3. The fourth-order valence-corrected chi connectivity index (χ4v) is 1.00. The van der Waals surface area contributed by atoms with Gasteiger partial charge in [-0.05, 0) is 25.5 Å². The molecule has 4 heteroatoms. The molecule has 76 valence electrons. The minimum Gasteiger partial charge on any atom is -0.328 e. The maximum absolute atomic E-state index is 11.3. The minimum absolute atomic E-state index is 0.0407. The zero-order valence-corrected chi connectivity index (χ0v) is 8.23. The average Bonchev–Trinajstić information content (AvgIpc) is 2.16. The van der Waals surface area contributed by atoms with Crippen LogP contribution in [0.3, 0.4) is 0 Å². The van der Waals surface area contributed by atoms with Crippen LogP contribution < -0.4 is 11.1 Å². The number of nitrogens with one attached hydrogen (secondary N) is 1. The summed E-state index contributed by atoms with van der Waals surface area (Å²) in [6, 6.07) is 5.44. The highest BCUT2D eigenvalue weighted by atomic mass is 16.1. The second-order valence-corrected chi connectivity index (χ2v) is 3.28. The topological polar surface area (TPSA) is 68.0 Å². The standard InChI is InChI=1S/C10H15N3O/c1-8(11)5-6-10(14)13-9-4-2-3-7-12-9/h2-4,7-8H,5-6,11H2,1H3,(H,12,13,14). The van der Waals surface area contributed by atoms with Gasteiger partial charge in [-0.2, -0.15) is 0 Å². The summed E-state index contributed by atoms with van der Waals surface area (Å²) < 4.78 is 0. The minimum atomic E-state index is -0.0407. The van der Waals surface area contributed by atoms with Gasteiger partial charge in [0.2, 0.25) is 5.91 Å². The van der Waals surface area contributed by atoms with E-state index in [1.165, 1.54) is 0 Å². The van der Waals surface area contributed by atoms with Crippen molar-refractivity contribution in [1.82, 2.24) is 4.98 Å². The SMILES string of the molecule is CC(N)CCC(=O)Nc1ccccn1. The lowest BCUT2D eigenvalue weighted by molar-refractivity contribution is -0.116. The van der Waals surface area contributed by atoms with Crippen molar-refractivity contribution in [3.63, 3.8) is 0 Å². The lowest BCUT2D eigenvalue weighted by Crippen LogP contribution is -2.19. The van der Waals surface area contributed by atoms with Gasteiger partial charge >= 0.3 is 0 Å². The quantitative estimate of drug-likeness (QED) is 0.753. The van der Waals surface area contributed by atoms with Gasteiger partial charge in [0.15, 0.2) is 0 Å². The summed E-state index contributed by atoms with van der Waals surface area (Å²) in [4.78, 5) is 15.3. The van der Waals surface area contributed by atoms with Crippen LogP contribution in [0, 0.1) is 0 Å². The zero-order chi connectivity index (χ0) is 10.4. The molecule has 0 aromatic carbocycles. The third-order valence-corrected chi connectivity index (χ3v) is 1.76. The zero-order valence-electron chi connectivity index (χ0n) is 8.23. The van der Waals surface area contributed by atoms with Gasteiger partial charge in [0.25, 0.3) is 0 Å². The fourth-order valence-electron chi connectivity index (χ4n) is 1.00. The first-order chi connectivity index (χ1) is 6.68. The molecule has 0 spiro atoms. The number of hydrogen-bond acceptors (Lipinski definition) is 3. The van der Waals surface area contributed by atoms with Gasteiger partial charge in [0.1, 0.15) is 5.82 Å². The second kappa shape index (κ2) is 5.34. The Hall–Kier alpha value is -1.42. The van der Waals surface area contributed by atoms with Gasteiger partial charge in [-0.15, -0.1) is 0 Å². The van der Waals surface area contributed by atoms with Crippen LogP contribution in [0.2, 0.25) is 0 Å². The molecule has 1 unspecified atom stereocenters. The Balaban J connectivity index is 2.35. The van der Waals surface area contributed by atoms with E-state index in [9.17, 15) is 4.79 Å². The van der Waals surface area contributed by atoms with Gasteiger partial charge < -0.3 is 11.1 Å². The van der Waals surface area contributed by atoms with E-state index in [4.69, 9.17) is 5.73 Å². The second-order valence-electron chi connectivity index (χ2n) is 3.28. The van der Waals surface area contributed by atoms with Crippen LogP contribution in [0.25, 0.3) is 0 Å². The Kier molecular flexibility index (Phi) is 4.07. The summed E-state index contributed by atoms with van der Waals surface area (Å²) in [5, 5.41) is 2.69. The van der Waals surface area contributed by atoms with E-state index >= 15 is 0 Å².